The van der Waals surface area contributed by atoms with E-state index in [1.54, 1.807) is 30.0 Å². The standard InChI is InChI=1S/C15H21N3O3/c1-17(2)14(20)10-5-7-18(8-6-10)15(21)11-3-4-12(16)13(19)9-11/h3-4,9-10,19H,5-8,16H2,1-2H3. The van der Waals surface area contributed by atoms with Gasteiger partial charge in [-0.2, -0.15) is 0 Å². The Kier molecular flexibility index (Phi) is 4.35. The largest absolute Gasteiger partial charge is 0.506 e. The molecule has 0 atom stereocenters. The van der Waals surface area contributed by atoms with Crippen molar-refractivity contribution in [1.82, 2.24) is 9.80 Å². The first-order valence-corrected chi connectivity index (χ1v) is 6.99. The second-order valence-electron chi connectivity index (χ2n) is 5.57. The van der Waals surface area contributed by atoms with Crippen LogP contribution in [-0.2, 0) is 4.79 Å². The van der Waals surface area contributed by atoms with Gasteiger partial charge in [0, 0.05) is 38.7 Å². The van der Waals surface area contributed by atoms with Gasteiger partial charge in [0.25, 0.3) is 5.91 Å². The highest BCUT2D eigenvalue weighted by Gasteiger charge is 2.28. The summed E-state index contributed by atoms with van der Waals surface area (Å²) in [7, 11) is 3.49. The minimum absolute atomic E-state index is 0.0103. The number of benzene rings is 1. The Hall–Kier alpha value is -2.24. The molecule has 0 unspecified atom stereocenters. The maximum atomic E-state index is 12.4. The zero-order valence-corrected chi connectivity index (χ0v) is 12.4. The Morgan fingerprint density at radius 3 is 2.43 bits per heavy atom. The van der Waals surface area contributed by atoms with Crippen molar-refractivity contribution in [2.75, 3.05) is 32.9 Å². The third-order valence-corrected chi connectivity index (χ3v) is 3.85. The molecular weight excluding hydrogens is 270 g/mol. The number of hydrogen-bond acceptors (Lipinski definition) is 4. The van der Waals surface area contributed by atoms with Gasteiger partial charge in [-0.3, -0.25) is 9.59 Å². The van der Waals surface area contributed by atoms with E-state index in [0.29, 0.717) is 31.5 Å². The van der Waals surface area contributed by atoms with Gasteiger partial charge < -0.3 is 20.6 Å². The summed E-state index contributed by atoms with van der Waals surface area (Å²) in [5, 5.41) is 9.58. The molecular formula is C15H21N3O3. The quantitative estimate of drug-likeness (QED) is 0.626. The maximum absolute atomic E-state index is 12.4. The molecule has 0 aromatic heterocycles. The van der Waals surface area contributed by atoms with Crippen LogP contribution in [0.3, 0.4) is 0 Å². The first kappa shape index (κ1) is 15.2. The fraction of sp³-hybridized carbons (Fsp3) is 0.467. The summed E-state index contributed by atoms with van der Waals surface area (Å²) in [4.78, 5) is 27.6. The number of anilines is 1. The molecule has 6 nitrogen and oxygen atoms in total. The van der Waals surface area contributed by atoms with Crippen molar-refractivity contribution in [3.05, 3.63) is 23.8 Å². The minimum atomic E-state index is -0.138. The molecule has 1 aromatic carbocycles. The second-order valence-corrected chi connectivity index (χ2v) is 5.57. The molecule has 0 spiro atoms. The van der Waals surface area contributed by atoms with Crippen molar-refractivity contribution in [2.24, 2.45) is 5.92 Å². The molecule has 1 heterocycles. The molecule has 2 amide bonds. The van der Waals surface area contributed by atoms with Crippen molar-refractivity contribution in [3.8, 4) is 5.75 Å². The molecule has 1 aliphatic rings. The molecule has 1 aliphatic heterocycles. The molecule has 0 bridgehead atoms. The molecule has 1 fully saturated rings. The van der Waals surface area contributed by atoms with E-state index in [1.165, 1.54) is 12.1 Å². The van der Waals surface area contributed by atoms with Crippen LogP contribution in [0.5, 0.6) is 5.75 Å². The van der Waals surface area contributed by atoms with Crippen molar-refractivity contribution < 1.29 is 14.7 Å². The van der Waals surface area contributed by atoms with Crippen LogP contribution in [-0.4, -0.2) is 53.9 Å². The Labute approximate surface area is 124 Å². The van der Waals surface area contributed by atoms with Gasteiger partial charge in [0.15, 0.2) is 0 Å². The molecule has 1 aromatic rings. The van der Waals surface area contributed by atoms with Gasteiger partial charge in [-0.25, -0.2) is 0 Å². The molecule has 0 aliphatic carbocycles. The van der Waals surface area contributed by atoms with Crippen LogP contribution in [0, 0.1) is 5.92 Å². The highest BCUT2D eigenvalue weighted by atomic mass is 16.3. The van der Waals surface area contributed by atoms with Gasteiger partial charge in [-0.15, -0.1) is 0 Å². The van der Waals surface area contributed by atoms with Crippen LogP contribution in [0.1, 0.15) is 23.2 Å². The number of phenolic OH excluding ortho intramolecular Hbond substituents is 1. The van der Waals surface area contributed by atoms with E-state index in [-0.39, 0.29) is 29.2 Å². The third-order valence-electron chi connectivity index (χ3n) is 3.85. The number of nitrogens with two attached hydrogens (primary N) is 1. The van der Waals surface area contributed by atoms with Crippen molar-refractivity contribution in [3.63, 3.8) is 0 Å². The minimum Gasteiger partial charge on any atom is -0.506 e. The van der Waals surface area contributed by atoms with Crippen molar-refractivity contribution in [2.45, 2.75) is 12.8 Å². The van der Waals surface area contributed by atoms with Gasteiger partial charge in [0.1, 0.15) is 5.75 Å². The van der Waals surface area contributed by atoms with Crippen LogP contribution < -0.4 is 5.73 Å². The SMILES string of the molecule is CN(C)C(=O)C1CCN(C(=O)c2ccc(N)c(O)c2)CC1. The summed E-state index contributed by atoms with van der Waals surface area (Å²) < 4.78 is 0. The van der Waals surface area contributed by atoms with Crippen molar-refractivity contribution >= 4 is 17.5 Å². The lowest BCUT2D eigenvalue weighted by molar-refractivity contribution is -0.134. The monoisotopic (exact) mass is 291 g/mol. The Morgan fingerprint density at radius 2 is 1.90 bits per heavy atom. The summed E-state index contributed by atoms with van der Waals surface area (Å²) in [6.45, 7) is 1.10. The lowest BCUT2D eigenvalue weighted by atomic mass is 9.95. The normalized spacial score (nSPS) is 15.8. The first-order chi connectivity index (χ1) is 9.90. The zero-order valence-electron chi connectivity index (χ0n) is 12.4. The average Bonchev–Trinajstić information content (AvgIpc) is 2.48. The van der Waals surface area contributed by atoms with Crippen LogP contribution >= 0.6 is 0 Å². The highest BCUT2D eigenvalue weighted by molar-refractivity contribution is 5.95. The fourth-order valence-electron chi connectivity index (χ4n) is 2.55. The number of carbonyl (C=O) groups is 2. The number of piperidine rings is 1. The van der Waals surface area contributed by atoms with Gasteiger partial charge in [0.05, 0.1) is 5.69 Å². The molecule has 6 heteroatoms. The van der Waals surface area contributed by atoms with E-state index in [2.05, 4.69) is 0 Å². The topological polar surface area (TPSA) is 86.9 Å². The maximum Gasteiger partial charge on any atom is 0.253 e. The summed E-state index contributed by atoms with van der Waals surface area (Å²) >= 11 is 0. The van der Waals surface area contributed by atoms with Crippen molar-refractivity contribution in [1.29, 1.82) is 0 Å². The molecule has 1 saturated heterocycles. The van der Waals surface area contributed by atoms with Crippen LogP contribution in [0.4, 0.5) is 5.69 Å². The second kappa shape index (κ2) is 6.03. The van der Waals surface area contributed by atoms with Gasteiger partial charge in [-0.1, -0.05) is 0 Å². The van der Waals surface area contributed by atoms with E-state index < -0.39 is 0 Å². The number of amides is 2. The van der Waals surface area contributed by atoms with E-state index in [9.17, 15) is 14.7 Å². The number of carbonyl (C=O) groups excluding carboxylic acids is 2. The number of likely N-dealkylation sites (tertiary alicyclic amines) is 1. The van der Waals surface area contributed by atoms with E-state index in [0.717, 1.165) is 0 Å². The number of hydrogen-bond donors (Lipinski definition) is 2. The molecule has 21 heavy (non-hydrogen) atoms. The molecule has 0 radical (unpaired) electrons. The van der Waals surface area contributed by atoms with Gasteiger partial charge in [-0.05, 0) is 31.0 Å². The van der Waals surface area contributed by atoms with E-state index in [1.807, 2.05) is 0 Å². The molecule has 2 rings (SSSR count). The summed E-state index contributed by atoms with van der Waals surface area (Å²) in [6, 6.07) is 4.51. The average molecular weight is 291 g/mol. The summed E-state index contributed by atoms with van der Waals surface area (Å²) in [5.41, 5.74) is 6.20. The number of aromatic hydroxyl groups is 1. The lowest BCUT2D eigenvalue weighted by Gasteiger charge is -2.32. The number of phenols is 1. The van der Waals surface area contributed by atoms with Crippen LogP contribution in [0.25, 0.3) is 0 Å². The Bertz CT molecular complexity index is 549. The lowest BCUT2D eigenvalue weighted by Crippen LogP contribution is -2.42. The Balaban J connectivity index is 2.00. The first-order valence-electron chi connectivity index (χ1n) is 6.99. The third kappa shape index (κ3) is 3.26. The number of nitrogens with zero attached hydrogens (tertiary/aromatic N) is 2. The predicted octanol–water partition coefficient (Wildman–Crippen LogP) is 0.915. The molecule has 0 saturated carbocycles. The Morgan fingerprint density at radius 1 is 1.29 bits per heavy atom. The number of nitrogen functional groups attached to an aromatic ring is 1. The molecule has 3 N–H and O–H groups in total. The van der Waals surface area contributed by atoms with E-state index >= 15 is 0 Å². The summed E-state index contributed by atoms with van der Waals surface area (Å²) in [6.07, 6.45) is 1.34. The molecule has 114 valence electrons. The number of rotatable bonds is 2. The fourth-order valence-corrected chi connectivity index (χ4v) is 2.55. The van der Waals surface area contributed by atoms with Crippen LogP contribution in [0.2, 0.25) is 0 Å². The highest BCUT2D eigenvalue weighted by Crippen LogP contribution is 2.24. The summed E-state index contributed by atoms with van der Waals surface area (Å²) in [5.74, 6) is -0.115. The zero-order chi connectivity index (χ0) is 15.6. The van der Waals surface area contributed by atoms with Gasteiger partial charge >= 0.3 is 0 Å². The van der Waals surface area contributed by atoms with Gasteiger partial charge in [0.2, 0.25) is 5.91 Å². The smallest absolute Gasteiger partial charge is 0.253 e. The van der Waals surface area contributed by atoms with Crippen LogP contribution in [0.15, 0.2) is 18.2 Å². The van der Waals surface area contributed by atoms with E-state index in [4.69, 9.17) is 5.73 Å². The predicted molar refractivity (Wildman–Crippen MR) is 79.8 cm³/mol.